The van der Waals surface area contributed by atoms with Crippen LogP contribution in [0.5, 0.6) is 0 Å². The van der Waals surface area contributed by atoms with Crippen molar-refractivity contribution < 1.29 is 9.59 Å². The van der Waals surface area contributed by atoms with Gasteiger partial charge in [0, 0.05) is 47.2 Å². The van der Waals surface area contributed by atoms with Gasteiger partial charge < -0.3 is 15.5 Å². The molecule has 1 saturated heterocycles. The molecule has 8 heteroatoms. The molecule has 166 valence electrons. The number of halogens is 2. The van der Waals surface area contributed by atoms with Crippen molar-refractivity contribution in [3.05, 3.63) is 83.1 Å². The van der Waals surface area contributed by atoms with E-state index in [0.717, 1.165) is 36.1 Å². The summed E-state index contributed by atoms with van der Waals surface area (Å²) < 4.78 is 0.938. The van der Waals surface area contributed by atoms with Crippen LogP contribution in [0.4, 0.5) is 17.1 Å². The van der Waals surface area contributed by atoms with Gasteiger partial charge in [-0.15, -0.1) is 12.4 Å². The van der Waals surface area contributed by atoms with Gasteiger partial charge in [0.1, 0.15) is 0 Å². The summed E-state index contributed by atoms with van der Waals surface area (Å²) >= 11 is 3.38. The van der Waals surface area contributed by atoms with E-state index in [4.69, 9.17) is 0 Å². The van der Waals surface area contributed by atoms with E-state index in [2.05, 4.69) is 36.4 Å². The molecule has 0 saturated carbocycles. The monoisotopic (exact) mass is 514 g/mol. The SMILES string of the molecule is Cl.O=C(Nc1ccc(Br)cc1)c1ccccc1NC(=O)C1CCN(c2ccncc2)CC1. The molecule has 1 aliphatic heterocycles. The van der Waals surface area contributed by atoms with Crippen LogP contribution < -0.4 is 15.5 Å². The van der Waals surface area contributed by atoms with Crippen molar-refractivity contribution in [1.29, 1.82) is 0 Å². The van der Waals surface area contributed by atoms with Crippen LogP contribution in [-0.2, 0) is 4.79 Å². The van der Waals surface area contributed by atoms with E-state index in [1.807, 2.05) is 42.5 Å². The second-order valence-electron chi connectivity index (χ2n) is 7.46. The van der Waals surface area contributed by atoms with Crippen LogP contribution in [0.15, 0.2) is 77.5 Å². The molecule has 1 fully saturated rings. The first-order chi connectivity index (χ1) is 15.1. The Bertz CT molecular complexity index is 1060. The van der Waals surface area contributed by atoms with Crippen LogP contribution in [0.1, 0.15) is 23.2 Å². The van der Waals surface area contributed by atoms with Crippen LogP contribution in [0.25, 0.3) is 0 Å². The molecule has 0 atom stereocenters. The predicted octanol–water partition coefficient (Wildman–Crippen LogP) is 5.37. The Morgan fingerprint density at radius 2 is 1.56 bits per heavy atom. The third kappa shape index (κ3) is 5.87. The molecule has 1 aliphatic rings. The summed E-state index contributed by atoms with van der Waals surface area (Å²) in [6, 6.07) is 18.4. The molecule has 0 bridgehead atoms. The first-order valence-electron chi connectivity index (χ1n) is 10.2. The van der Waals surface area contributed by atoms with Crippen molar-refractivity contribution in [3.63, 3.8) is 0 Å². The van der Waals surface area contributed by atoms with Crippen molar-refractivity contribution in [2.45, 2.75) is 12.8 Å². The van der Waals surface area contributed by atoms with E-state index in [1.165, 1.54) is 0 Å². The number of anilines is 3. The van der Waals surface area contributed by atoms with Gasteiger partial charge in [-0.1, -0.05) is 28.1 Å². The van der Waals surface area contributed by atoms with E-state index >= 15 is 0 Å². The molecule has 2 amide bonds. The number of nitrogens with zero attached hydrogens (tertiary/aromatic N) is 2. The van der Waals surface area contributed by atoms with E-state index < -0.39 is 0 Å². The van der Waals surface area contributed by atoms with Gasteiger partial charge >= 0.3 is 0 Å². The van der Waals surface area contributed by atoms with E-state index in [0.29, 0.717) is 16.9 Å². The molecule has 4 rings (SSSR count). The fourth-order valence-corrected chi connectivity index (χ4v) is 3.98. The lowest BCUT2D eigenvalue weighted by atomic mass is 9.95. The number of hydrogen-bond acceptors (Lipinski definition) is 4. The minimum absolute atomic E-state index is 0. The summed E-state index contributed by atoms with van der Waals surface area (Å²) in [5.74, 6) is -0.385. The van der Waals surface area contributed by atoms with Crippen LogP contribution >= 0.6 is 28.3 Å². The van der Waals surface area contributed by atoms with Crippen molar-refractivity contribution in [2.75, 3.05) is 28.6 Å². The highest BCUT2D eigenvalue weighted by atomic mass is 79.9. The maximum absolute atomic E-state index is 12.9. The summed E-state index contributed by atoms with van der Waals surface area (Å²) in [7, 11) is 0. The number of para-hydroxylation sites is 1. The fraction of sp³-hybridized carbons (Fsp3) is 0.208. The number of amides is 2. The number of pyridine rings is 1. The zero-order chi connectivity index (χ0) is 21.6. The van der Waals surface area contributed by atoms with E-state index in [9.17, 15) is 9.59 Å². The topological polar surface area (TPSA) is 74.3 Å². The van der Waals surface area contributed by atoms with Crippen LogP contribution in [-0.4, -0.2) is 29.9 Å². The summed E-state index contributed by atoms with van der Waals surface area (Å²) in [6.45, 7) is 1.63. The lowest BCUT2D eigenvalue weighted by Gasteiger charge is -2.33. The molecule has 32 heavy (non-hydrogen) atoms. The first kappa shape index (κ1) is 23.8. The van der Waals surface area contributed by atoms with Crippen molar-refractivity contribution >= 4 is 57.2 Å². The van der Waals surface area contributed by atoms with E-state index in [1.54, 1.807) is 30.6 Å². The number of rotatable bonds is 5. The Labute approximate surface area is 202 Å². The Kier molecular flexibility index (Phi) is 8.25. The average Bonchev–Trinajstić information content (AvgIpc) is 2.81. The molecule has 2 N–H and O–H groups in total. The number of carbonyl (C=O) groups excluding carboxylic acids is 2. The normalized spacial score (nSPS) is 13.7. The molecule has 2 aromatic carbocycles. The van der Waals surface area contributed by atoms with Crippen LogP contribution in [0.3, 0.4) is 0 Å². The van der Waals surface area contributed by atoms with Gasteiger partial charge in [-0.25, -0.2) is 0 Å². The van der Waals surface area contributed by atoms with Crippen molar-refractivity contribution in [3.8, 4) is 0 Å². The quantitative estimate of drug-likeness (QED) is 0.479. The minimum Gasteiger partial charge on any atom is -0.371 e. The zero-order valence-corrected chi connectivity index (χ0v) is 19.7. The Morgan fingerprint density at radius 3 is 2.25 bits per heavy atom. The maximum Gasteiger partial charge on any atom is 0.257 e. The second-order valence-corrected chi connectivity index (χ2v) is 8.38. The lowest BCUT2D eigenvalue weighted by molar-refractivity contribution is -0.120. The predicted molar refractivity (Wildman–Crippen MR) is 134 cm³/mol. The van der Waals surface area contributed by atoms with Gasteiger partial charge in [0.25, 0.3) is 5.91 Å². The second kappa shape index (κ2) is 11.1. The number of aromatic nitrogens is 1. The van der Waals surface area contributed by atoms with Gasteiger partial charge in [-0.2, -0.15) is 0 Å². The third-order valence-electron chi connectivity index (χ3n) is 5.43. The molecule has 2 heterocycles. The number of nitrogens with one attached hydrogen (secondary N) is 2. The summed E-state index contributed by atoms with van der Waals surface area (Å²) in [5, 5.41) is 5.85. The number of benzene rings is 2. The fourth-order valence-electron chi connectivity index (χ4n) is 3.71. The van der Waals surface area contributed by atoms with Crippen molar-refractivity contribution in [1.82, 2.24) is 4.98 Å². The Morgan fingerprint density at radius 1 is 0.906 bits per heavy atom. The van der Waals surface area contributed by atoms with Gasteiger partial charge in [0.05, 0.1) is 11.3 Å². The zero-order valence-electron chi connectivity index (χ0n) is 17.3. The average molecular weight is 516 g/mol. The first-order valence-corrected chi connectivity index (χ1v) is 11.0. The van der Waals surface area contributed by atoms with E-state index in [-0.39, 0.29) is 30.1 Å². The van der Waals surface area contributed by atoms with Gasteiger partial charge in [-0.05, 0) is 61.4 Å². The number of piperidine rings is 1. The molecule has 3 aromatic rings. The summed E-state index contributed by atoms with van der Waals surface area (Å²) in [5.41, 5.74) is 2.79. The molecule has 0 unspecified atom stereocenters. The van der Waals surface area contributed by atoms with Crippen LogP contribution in [0, 0.1) is 5.92 Å². The molecular weight excluding hydrogens is 492 g/mol. The Balaban J connectivity index is 0.00000289. The molecule has 6 nitrogen and oxygen atoms in total. The minimum atomic E-state index is -0.259. The number of hydrogen-bond donors (Lipinski definition) is 2. The molecule has 0 radical (unpaired) electrons. The molecular formula is C24H24BrClN4O2. The highest BCUT2D eigenvalue weighted by Gasteiger charge is 2.26. The highest BCUT2D eigenvalue weighted by molar-refractivity contribution is 9.10. The van der Waals surface area contributed by atoms with Gasteiger partial charge in [0.2, 0.25) is 5.91 Å². The third-order valence-corrected chi connectivity index (χ3v) is 5.95. The maximum atomic E-state index is 12.9. The highest BCUT2D eigenvalue weighted by Crippen LogP contribution is 2.25. The van der Waals surface area contributed by atoms with Gasteiger partial charge in [-0.3, -0.25) is 14.6 Å². The standard InChI is InChI=1S/C24H23BrN4O2.ClH/c25-18-5-7-19(8-6-18)27-24(31)21-3-1-2-4-22(21)28-23(30)17-11-15-29(16-12-17)20-9-13-26-14-10-20;/h1-10,13-14,17H,11-12,15-16H2,(H,27,31)(H,28,30);1H. The largest absolute Gasteiger partial charge is 0.371 e. The van der Waals surface area contributed by atoms with Crippen molar-refractivity contribution in [2.24, 2.45) is 5.92 Å². The summed E-state index contributed by atoms with van der Waals surface area (Å²) in [6.07, 6.45) is 5.09. The summed E-state index contributed by atoms with van der Waals surface area (Å²) in [4.78, 5) is 32.0. The molecule has 0 aliphatic carbocycles. The molecule has 1 aromatic heterocycles. The van der Waals surface area contributed by atoms with Gasteiger partial charge in [0.15, 0.2) is 0 Å². The lowest BCUT2D eigenvalue weighted by Crippen LogP contribution is -2.38. The molecule has 0 spiro atoms. The number of carbonyl (C=O) groups is 2. The Hall–Kier alpha value is -2.90. The van der Waals surface area contributed by atoms with Crippen LogP contribution in [0.2, 0.25) is 0 Å². The smallest absolute Gasteiger partial charge is 0.257 e.